The lowest BCUT2D eigenvalue weighted by Gasteiger charge is -2.01. The molecule has 0 aliphatic rings. The van der Waals surface area contributed by atoms with Crippen LogP contribution in [0.4, 0.5) is 10.2 Å². The summed E-state index contributed by atoms with van der Waals surface area (Å²) in [5.41, 5.74) is 0. The third-order valence-electron chi connectivity index (χ3n) is 1.66. The molecule has 2 heterocycles. The largest absolute Gasteiger partial charge is 0.363 e. The summed E-state index contributed by atoms with van der Waals surface area (Å²) < 4.78 is 13.3. The molecule has 78 valence electrons. The van der Waals surface area contributed by atoms with Gasteiger partial charge < -0.3 is 5.32 Å². The molecule has 0 bridgehead atoms. The van der Waals surface area contributed by atoms with E-state index in [1.54, 1.807) is 18.3 Å². The fourth-order valence-electron chi connectivity index (χ4n) is 1.04. The van der Waals surface area contributed by atoms with Crippen LogP contribution in [0.1, 0.15) is 5.01 Å². The van der Waals surface area contributed by atoms with Gasteiger partial charge in [0.25, 0.3) is 0 Å². The monoisotopic (exact) mass is 243 g/mol. The lowest BCUT2D eigenvalue weighted by Crippen LogP contribution is -2.01. The number of rotatable bonds is 3. The minimum absolute atomic E-state index is 0.487. The Balaban J connectivity index is 1.99. The van der Waals surface area contributed by atoms with Gasteiger partial charge in [0.05, 0.1) is 12.7 Å². The van der Waals surface area contributed by atoms with Gasteiger partial charge in [-0.05, 0) is 12.1 Å². The maximum atomic E-state index is 12.7. The standard InChI is InChI=1S/C9H7ClFN3S/c10-6-4-13-9(15-6)5-12-8-3-1-2-7(11)14-8/h1-4H,5H2,(H,12,14). The number of pyridine rings is 1. The Morgan fingerprint density at radius 1 is 1.47 bits per heavy atom. The van der Waals surface area contributed by atoms with Crippen LogP contribution in [0.15, 0.2) is 24.4 Å². The van der Waals surface area contributed by atoms with Gasteiger partial charge >= 0.3 is 0 Å². The van der Waals surface area contributed by atoms with Gasteiger partial charge in [-0.3, -0.25) is 0 Å². The fourth-order valence-corrected chi connectivity index (χ4v) is 1.94. The van der Waals surface area contributed by atoms with Gasteiger partial charge in [-0.25, -0.2) is 9.97 Å². The number of halogens is 2. The molecule has 15 heavy (non-hydrogen) atoms. The molecule has 0 spiro atoms. The van der Waals surface area contributed by atoms with Crippen LogP contribution in [0.25, 0.3) is 0 Å². The topological polar surface area (TPSA) is 37.8 Å². The van der Waals surface area contributed by atoms with E-state index < -0.39 is 5.95 Å². The van der Waals surface area contributed by atoms with Crippen LogP contribution in [-0.2, 0) is 6.54 Å². The quantitative estimate of drug-likeness (QED) is 0.843. The minimum Gasteiger partial charge on any atom is -0.363 e. The van der Waals surface area contributed by atoms with E-state index in [4.69, 9.17) is 11.6 Å². The van der Waals surface area contributed by atoms with Crippen molar-refractivity contribution in [3.63, 3.8) is 0 Å². The van der Waals surface area contributed by atoms with Crippen LogP contribution in [0.5, 0.6) is 0 Å². The Kier molecular flexibility index (Phi) is 3.13. The summed E-state index contributed by atoms with van der Waals surface area (Å²) in [6.45, 7) is 0.494. The molecule has 1 N–H and O–H groups in total. The summed E-state index contributed by atoms with van der Waals surface area (Å²) in [6, 6.07) is 4.59. The van der Waals surface area contributed by atoms with Gasteiger partial charge in [0, 0.05) is 0 Å². The zero-order valence-electron chi connectivity index (χ0n) is 7.58. The molecule has 0 aliphatic carbocycles. The maximum Gasteiger partial charge on any atom is 0.214 e. The molecule has 0 unspecified atom stereocenters. The van der Waals surface area contributed by atoms with Crippen LogP contribution in [0.2, 0.25) is 4.34 Å². The summed E-state index contributed by atoms with van der Waals surface area (Å²) in [7, 11) is 0. The summed E-state index contributed by atoms with van der Waals surface area (Å²) in [5, 5.41) is 3.79. The predicted octanol–water partition coefficient (Wildman–Crippen LogP) is 2.94. The molecule has 3 nitrogen and oxygen atoms in total. The van der Waals surface area contributed by atoms with Crippen molar-refractivity contribution >= 4 is 28.8 Å². The highest BCUT2D eigenvalue weighted by Gasteiger charge is 2.00. The zero-order valence-corrected chi connectivity index (χ0v) is 9.15. The molecule has 0 fully saturated rings. The number of nitrogens with one attached hydrogen (secondary N) is 1. The molecule has 0 aromatic carbocycles. The van der Waals surface area contributed by atoms with E-state index in [1.807, 2.05) is 0 Å². The number of anilines is 1. The van der Waals surface area contributed by atoms with Crippen molar-refractivity contribution < 1.29 is 4.39 Å². The Labute approximate surface area is 95.0 Å². The summed E-state index contributed by atoms with van der Waals surface area (Å²) in [5.74, 6) is -0.0153. The van der Waals surface area contributed by atoms with Crippen molar-refractivity contribution in [1.82, 2.24) is 9.97 Å². The third kappa shape index (κ3) is 2.87. The van der Waals surface area contributed by atoms with Crippen LogP contribution in [0.3, 0.4) is 0 Å². The highest BCUT2D eigenvalue weighted by molar-refractivity contribution is 7.15. The third-order valence-corrected chi connectivity index (χ3v) is 2.78. The predicted molar refractivity (Wildman–Crippen MR) is 58.6 cm³/mol. The first kappa shape index (κ1) is 10.3. The Morgan fingerprint density at radius 2 is 2.33 bits per heavy atom. The minimum atomic E-state index is -0.503. The van der Waals surface area contributed by atoms with Gasteiger partial charge in [0.15, 0.2) is 0 Å². The van der Waals surface area contributed by atoms with Crippen molar-refractivity contribution in [2.75, 3.05) is 5.32 Å². The second-order valence-corrected chi connectivity index (χ2v) is 4.50. The van der Waals surface area contributed by atoms with Gasteiger partial charge in [-0.1, -0.05) is 17.7 Å². The fraction of sp³-hybridized carbons (Fsp3) is 0.111. The maximum absolute atomic E-state index is 12.7. The van der Waals surface area contributed by atoms with Gasteiger partial charge in [0.1, 0.15) is 15.2 Å². The molecular formula is C9H7ClFN3S. The van der Waals surface area contributed by atoms with E-state index in [0.717, 1.165) is 5.01 Å². The van der Waals surface area contributed by atoms with E-state index >= 15 is 0 Å². The van der Waals surface area contributed by atoms with Crippen molar-refractivity contribution in [2.45, 2.75) is 6.54 Å². The second-order valence-electron chi connectivity index (χ2n) is 2.76. The van der Waals surface area contributed by atoms with Crippen molar-refractivity contribution in [2.24, 2.45) is 0 Å². The molecule has 2 aromatic heterocycles. The smallest absolute Gasteiger partial charge is 0.214 e. The van der Waals surface area contributed by atoms with E-state index in [1.165, 1.54) is 17.4 Å². The van der Waals surface area contributed by atoms with E-state index in [-0.39, 0.29) is 0 Å². The first-order valence-electron chi connectivity index (χ1n) is 4.21. The summed E-state index contributed by atoms with van der Waals surface area (Å²) >= 11 is 7.10. The molecule has 0 saturated carbocycles. The van der Waals surface area contributed by atoms with Crippen molar-refractivity contribution in [3.05, 3.63) is 39.7 Å². The molecule has 6 heteroatoms. The number of thiazole rings is 1. The first-order valence-corrected chi connectivity index (χ1v) is 5.40. The van der Waals surface area contributed by atoms with Crippen LogP contribution in [0, 0.1) is 5.95 Å². The molecular weight excluding hydrogens is 237 g/mol. The van der Waals surface area contributed by atoms with Crippen LogP contribution >= 0.6 is 22.9 Å². The first-order chi connectivity index (χ1) is 7.24. The number of nitrogens with zero attached hydrogens (tertiary/aromatic N) is 2. The van der Waals surface area contributed by atoms with Crippen LogP contribution < -0.4 is 5.32 Å². The lowest BCUT2D eigenvalue weighted by molar-refractivity contribution is 0.585. The number of hydrogen-bond acceptors (Lipinski definition) is 4. The Bertz CT molecular complexity index is 460. The van der Waals surface area contributed by atoms with Gasteiger partial charge in [-0.15, -0.1) is 11.3 Å². The van der Waals surface area contributed by atoms with E-state index in [9.17, 15) is 4.39 Å². The molecule has 0 saturated heterocycles. The lowest BCUT2D eigenvalue weighted by atomic mass is 10.4. The zero-order chi connectivity index (χ0) is 10.7. The molecule has 0 amide bonds. The number of aromatic nitrogens is 2. The van der Waals surface area contributed by atoms with E-state index in [2.05, 4.69) is 15.3 Å². The Hall–Kier alpha value is -1.20. The van der Waals surface area contributed by atoms with Gasteiger partial charge in [0.2, 0.25) is 5.95 Å². The number of hydrogen-bond donors (Lipinski definition) is 1. The SMILES string of the molecule is Fc1cccc(NCc2ncc(Cl)s2)n1. The highest BCUT2D eigenvalue weighted by atomic mass is 35.5. The van der Waals surface area contributed by atoms with E-state index in [0.29, 0.717) is 16.7 Å². The highest BCUT2D eigenvalue weighted by Crippen LogP contribution is 2.18. The normalized spacial score (nSPS) is 10.3. The van der Waals surface area contributed by atoms with Gasteiger partial charge in [-0.2, -0.15) is 4.39 Å². The van der Waals surface area contributed by atoms with Crippen LogP contribution in [-0.4, -0.2) is 9.97 Å². The average Bonchev–Trinajstić information content (AvgIpc) is 2.62. The van der Waals surface area contributed by atoms with Crippen molar-refractivity contribution in [1.29, 1.82) is 0 Å². The molecule has 0 aliphatic heterocycles. The molecule has 0 atom stereocenters. The second kappa shape index (κ2) is 4.55. The molecule has 2 rings (SSSR count). The average molecular weight is 244 g/mol. The summed E-state index contributed by atoms with van der Waals surface area (Å²) in [4.78, 5) is 7.72. The molecule has 0 radical (unpaired) electrons. The van der Waals surface area contributed by atoms with Crippen molar-refractivity contribution in [3.8, 4) is 0 Å². The summed E-state index contributed by atoms with van der Waals surface area (Å²) in [6.07, 6.45) is 1.59. The Morgan fingerprint density at radius 3 is 3.00 bits per heavy atom. The molecule has 2 aromatic rings.